The maximum absolute atomic E-state index is 5.27. The molecule has 0 saturated carbocycles. The molecular weight excluding hydrogens is 198 g/mol. The maximum Gasteiger partial charge on any atom is 0.126 e. The van der Waals surface area contributed by atoms with E-state index in [1.165, 1.54) is 0 Å². The summed E-state index contributed by atoms with van der Waals surface area (Å²) >= 11 is 0. The van der Waals surface area contributed by atoms with Crippen molar-refractivity contribution in [1.82, 2.24) is 4.98 Å². The van der Waals surface area contributed by atoms with Gasteiger partial charge in [-0.3, -0.25) is 4.98 Å². The van der Waals surface area contributed by atoms with E-state index in [2.05, 4.69) is 4.98 Å². The Morgan fingerprint density at radius 2 is 1.94 bits per heavy atom. The fourth-order valence-electron chi connectivity index (χ4n) is 1.46. The number of pyridine rings is 1. The lowest BCUT2D eigenvalue weighted by Gasteiger charge is -2.03. The number of aromatic nitrogens is 1. The summed E-state index contributed by atoms with van der Waals surface area (Å²) in [7, 11) is 1.68. The summed E-state index contributed by atoms with van der Waals surface area (Å²) in [6.07, 6.45) is 7.63. The number of ether oxygens (including phenoxy) is 1. The van der Waals surface area contributed by atoms with Crippen molar-refractivity contribution in [3.63, 3.8) is 0 Å². The monoisotopic (exact) mass is 211 g/mol. The first-order chi connectivity index (χ1) is 7.90. The third-order valence-corrected chi connectivity index (χ3v) is 2.28. The third-order valence-electron chi connectivity index (χ3n) is 2.28. The largest absolute Gasteiger partial charge is 0.496 e. The normalized spacial score (nSPS) is 10.6. The van der Waals surface area contributed by atoms with E-state index >= 15 is 0 Å². The molecule has 0 atom stereocenters. The topological polar surface area (TPSA) is 22.1 Å². The van der Waals surface area contributed by atoms with Crippen LogP contribution in [0.1, 0.15) is 11.1 Å². The molecule has 0 aliphatic carbocycles. The van der Waals surface area contributed by atoms with Crippen LogP contribution in [0.25, 0.3) is 12.2 Å². The van der Waals surface area contributed by atoms with Gasteiger partial charge in [-0.15, -0.1) is 0 Å². The summed E-state index contributed by atoms with van der Waals surface area (Å²) in [6, 6.07) is 11.8. The predicted octanol–water partition coefficient (Wildman–Crippen LogP) is 3.26. The molecule has 0 aliphatic heterocycles. The zero-order valence-electron chi connectivity index (χ0n) is 9.13. The Labute approximate surface area is 95.2 Å². The number of hydrogen-bond acceptors (Lipinski definition) is 2. The van der Waals surface area contributed by atoms with Crippen molar-refractivity contribution in [2.24, 2.45) is 0 Å². The molecular formula is C14H13NO. The molecule has 0 bridgehead atoms. The van der Waals surface area contributed by atoms with E-state index in [1.54, 1.807) is 13.3 Å². The van der Waals surface area contributed by atoms with Gasteiger partial charge in [0.2, 0.25) is 0 Å². The van der Waals surface area contributed by atoms with Crippen LogP contribution in [0, 0.1) is 0 Å². The summed E-state index contributed by atoms with van der Waals surface area (Å²) < 4.78 is 5.27. The highest BCUT2D eigenvalue weighted by Crippen LogP contribution is 2.19. The Morgan fingerprint density at radius 3 is 2.69 bits per heavy atom. The maximum atomic E-state index is 5.27. The van der Waals surface area contributed by atoms with Gasteiger partial charge in [-0.05, 0) is 17.7 Å². The van der Waals surface area contributed by atoms with Gasteiger partial charge in [-0.1, -0.05) is 36.4 Å². The molecule has 0 saturated heterocycles. The van der Waals surface area contributed by atoms with Crippen LogP contribution in [0.15, 0.2) is 48.8 Å². The SMILES string of the molecule is COc1ccccc1C=Cc1cccnc1. The molecule has 16 heavy (non-hydrogen) atoms. The lowest BCUT2D eigenvalue weighted by Crippen LogP contribution is -1.85. The second-order valence-electron chi connectivity index (χ2n) is 3.36. The first-order valence-electron chi connectivity index (χ1n) is 5.11. The van der Waals surface area contributed by atoms with E-state index in [0.717, 1.165) is 16.9 Å². The molecule has 0 unspecified atom stereocenters. The van der Waals surface area contributed by atoms with Gasteiger partial charge in [-0.2, -0.15) is 0 Å². The molecule has 0 amide bonds. The smallest absolute Gasteiger partial charge is 0.126 e. The van der Waals surface area contributed by atoms with E-state index < -0.39 is 0 Å². The highest BCUT2D eigenvalue weighted by atomic mass is 16.5. The molecule has 2 heteroatoms. The Balaban J connectivity index is 2.24. The second kappa shape index (κ2) is 5.12. The molecule has 1 aromatic carbocycles. The van der Waals surface area contributed by atoms with Gasteiger partial charge in [-0.25, -0.2) is 0 Å². The summed E-state index contributed by atoms with van der Waals surface area (Å²) in [4.78, 5) is 4.06. The molecule has 2 rings (SSSR count). The van der Waals surface area contributed by atoms with E-state index in [-0.39, 0.29) is 0 Å². The van der Waals surface area contributed by atoms with E-state index in [1.807, 2.05) is 54.7 Å². The molecule has 0 aliphatic rings. The summed E-state index contributed by atoms with van der Waals surface area (Å²) in [5.41, 5.74) is 2.14. The highest BCUT2D eigenvalue weighted by Gasteiger charge is 1.96. The van der Waals surface area contributed by atoms with Gasteiger partial charge in [0.05, 0.1) is 7.11 Å². The first-order valence-corrected chi connectivity index (χ1v) is 5.11. The van der Waals surface area contributed by atoms with Crippen molar-refractivity contribution in [2.45, 2.75) is 0 Å². The first kappa shape index (κ1) is 10.4. The van der Waals surface area contributed by atoms with Crippen LogP contribution in [-0.2, 0) is 0 Å². The fraction of sp³-hybridized carbons (Fsp3) is 0.0714. The van der Waals surface area contributed by atoms with Crippen molar-refractivity contribution in [1.29, 1.82) is 0 Å². The Bertz CT molecular complexity index is 477. The van der Waals surface area contributed by atoms with Crippen molar-refractivity contribution < 1.29 is 4.74 Å². The molecule has 80 valence electrons. The number of methoxy groups -OCH3 is 1. The van der Waals surface area contributed by atoms with Crippen LogP contribution >= 0.6 is 0 Å². The van der Waals surface area contributed by atoms with Crippen LogP contribution in [0.5, 0.6) is 5.75 Å². The summed E-state index contributed by atoms with van der Waals surface area (Å²) in [5, 5.41) is 0. The predicted molar refractivity (Wildman–Crippen MR) is 66.2 cm³/mol. The Morgan fingerprint density at radius 1 is 1.06 bits per heavy atom. The average molecular weight is 211 g/mol. The number of rotatable bonds is 3. The van der Waals surface area contributed by atoms with Crippen molar-refractivity contribution >= 4 is 12.2 Å². The summed E-state index contributed by atoms with van der Waals surface area (Å²) in [5.74, 6) is 0.877. The number of para-hydroxylation sites is 1. The van der Waals surface area contributed by atoms with E-state index in [9.17, 15) is 0 Å². The number of benzene rings is 1. The minimum Gasteiger partial charge on any atom is -0.496 e. The van der Waals surface area contributed by atoms with Gasteiger partial charge in [0, 0.05) is 18.0 Å². The zero-order valence-corrected chi connectivity index (χ0v) is 9.13. The second-order valence-corrected chi connectivity index (χ2v) is 3.36. The van der Waals surface area contributed by atoms with Gasteiger partial charge in [0.15, 0.2) is 0 Å². The molecule has 0 N–H and O–H groups in total. The standard InChI is InChI=1S/C14H13NO/c1-16-14-7-3-2-6-13(14)9-8-12-5-4-10-15-11-12/h2-11H,1H3. The highest BCUT2D eigenvalue weighted by molar-refractivity contribution is 5.72. The molecule has 1 heterocycles. The molecule has 0 spiro atoms. The van der Waals surface area contributed by atoms with Gasteiger partial charge >= 0.3 is 0 Å². The quantitative estimate of drug-likeness (QED) is 0.777. The lowest BCUT2D eigenvalue weighted by atomic mass is 10.1. The van der Waals surface area contributed by atoms with Crippen LogP contribution in [0.2, 0.25) is 0 Å². The van der Waals surface area contributed by atoms with Gasteiger partial charge < -0.3 is 4.74 Å². The third kappa shape index (κ3) is 2.48. The van der Waals surface area contributed by atoms with Gasteiger partial charge in [0.25, 0.3) is 0 Å². The zero-order chi connectivity index (χ0) is 11.2. The van der Waals surface area contributed by atoms with Crippen molar-refractivity contribution in [2.75, 3.05) is 7.11 Å². The Hall–Kier alpha value is -2.09. The van der Waals surface area contributed by atoms with Crippen LogP contribution in [0.4, 0.5) is 0 Å². The van der Waals surface area contributed by atoms with Crippen molar-refractivity contribution in [3.05, 3.63) is 59.9 Å². The van der Waals surface area contributed by atoms with Crippen LogP contribution in [0.3, 0.4) is 0 Å². The van der Waals surface area contributed by atoms with Crippen molar-refractivity contribution in [3.8, 4) is 5.75 Å². The van der Waals surface area contributed by atoms with Crippen LogP contribution < -0.4 is 4.74 Å². The Kier molecular flexibility index (Phi) is 3.34. The molecule has 0 radical (unpaired) electrons. The molecule has 2 aromatic rings. The summed E-state index contributed by atoms with van der Waals surface area (Å²) in [6.45, 7) is 0. The average Bonchev–Trinajstić information content (AvgIpc) is 2.38. The minimum atomic E-state index is 0.877. The minimum absolute atomic E-state index is 0.877. The molecule has 0 fully saturated rings. The van der Waals surface area contributed by atoms with Gasteiger partial charge in [0.1, 0.15) is 5.75 Å². The molecule has 1 aromatic heterocycles. The van der Waals surface area contributed by atoms with E-state index in [4.69, 9.17) is 4.74 Å². The lowest BCUT2D eigenvalue weighted by molar-refractivity contribution is 0.414. The number of nitrogens with zero attached hydrogens (tertiary/aromatic N) is 1. The number of hydrogen-bond donors (Lipinski definition) is 0. The van der Waals surface area contributed by atoms with Crippen LogP contribution in [-0.4, -0.2) is 12.1 Å². The molecule has 2 nitrogen and oxygen atoms in total. The van der Waals surface area contributed by atoms with E-state index in [0.29, 0.717) is 0 Å². The fourth-order valence-corrected chi connectivity index (χ4v) is 1.46.